The van der Waals surface area contributed by atoms with E-state index in [0.717, 1.165) is 11.1 Å². The van der Waals surface area contributed by atoms with E-state index in [1.807, 2.05) is 37.3 Å². The second kappa shape index (κ2) is 12.4. The lowest BCUT2D eigenvalue weighted by molar-refractivity contribution is -0.144. The Morgan fingerprint density at radius 2 is 1.32 bits per heavy atom. The number of carbonyl (C=O) groups excluding carboxylic acids is 2. The van der Waals surface area contributed by atoms with E-state index in [4.69, 9.17) is 9.47 Å². The molecule has 0 aliphatic rings. The minimum atomic E-state index is -0.784. The minimum Gasteiger partial charge on any atom is -0.454 e. The van der Waals surface area contributed by atoms with Gasteiger partial charge in [-0.1, -0.05) is 90.6 Å². The molecule has 37 heavy (non-hydrogen) atoms. The zero-order chi connectivity index (χ0) is 28.1. The molecule has 2 rings (SSSR count). The molecule has 0 aromatic heterocycles. The molecule has 1 unspecified atom stereocenters. The normalized spacial score (nSPS) is 13.4. The molecule has 0 heterocycles. The third kappa shape index (κ3) is 8.21. The molecule has 5 heteroatoms. The maximum atomic E-state index is 13.4. The van der Waals surface area contributed by atoms with Gasteiger partial charge in [-0.25, -0.2) is 9.59 Å². The van der Waals surface area contributed by atoms with E-state index in [-0.39, 0.29) is 17.4 Å². The van der Waals surface area contributed by atoms with Crippen molar-refractivity contribution < 1.29 is 19.1 Å². The van der Waals surface area contributed by atoms with Gasteiger partial charge in [0.05, 0.1) is 11.6 Å². The van der Waals surface area contributed by atoms with Gasteiger partial charge in [-0.15, -0.1) is 0 Å². The molecule has 2 aromatic carbocycles. The van der Waals surface area contributed by atoms with Crippen LogP contribution in [-0.4, -0.2) is 17.7 Å². The van der Waals surface area contributed by atoms with Crippen molar-refractivity contribution in [1.82, 2.24) is 5.32 Å². The van der Waals surface area contributed by atoms with Crippen molar-refractivity contribution in [1.29, 1.82) is 0 Å². The largest absolute Gasteiger partial charge is 0.454 e. The predicted molar refractivity (Wildman–Crippen MR) is 151 cm³/mol. The molecule has 0 fully saturated rings. The molecule has 2 aromatic rings. The Balaban J connectivity index is 2.40. The van der Waals surface area contributed by atoms with Crippen molar-refractivity contribution in [2.24, 2.45) is 0 Å². The topological polar surface area (TPSA) is 64.6 Å². The molecule has 0 bridgehead atoms. The summed E-state index contributed by atoms with van der Waals surface area (Å²) in [7, 11) is 0. The van der Waals surface area contributed by atoms with Gasteiger partial charge >= 0.3 is 12.1 Å². The van der Waals surface area contributed by atoms with Crippen LogP contribution in [0.25, 0.3) is 0 Å². The van der Waals surface area contributed by atoms with Crippen molar-refractivity contribution >= 4 is 12.1 Å². The molecule has 5 nitrogen and oxygen atoms in total. The number of carbonyl (C=O) groups is 2. The van der Waals surface area contributed by atoms with E-state index < -0.39 is 29.8 Å². The molecule has 1 amide bonds. The first kappa shape index (κ1) is 30.1. The first-order chi connectivity index (χ1) is 17.1. The van der Waals surface area contributed by atoms with Crippen molar-refractivity contribution in [2.75, 3.05) is 0 Å². The minimum absolute atomic E-state index is 0.139. The van der Waals surface area contributed by atoms with Gasteiger partial charge in [0, 0.05) is 0 Å². The Morgan fingerprint density at radius 3 is 1.76 bits per heavy atom. The Kier molecular flexibility index (Phi) is 10.1. The summed E-state index contributed by atoms with van der Waals surface area (Å²) in [6, 6.07) is 12.9. The van der Waals surface area contributed by atoms with Gasteiger partial charge in [0.1, 0.15) is 11.7 Å². The van der Waals surface area contributed by atoms with Gasteiger partial charge in [0.2, 0.25) is 0 Å². The SMILES string of the molecule is C=C(C(=O)O[C@@H](C)c1c(C(C)C)cc(C(C)C)cc1C(C)C)C(NC(=O)OC(C)(C)C)c1ccccc1. The summed E-state index contributed by atoms with van der Waals surface area (Å²) in [4.78, 5) is 26.0. The predicted octanol–water partition coefficient (Wildman–Crippen LogP) is 8.48. The van der Waals surface area contributed by atoms with Crippen molar-refractivity contribution in [2.45, 2.75) is 105 Å². The Hall–Kier alpha value is -3.08. The molecule has 202 valence electrons. The van der Waals surface area contributed by atoms with Gasteiger partial charge in [-0.05, 0) is 73.3 Å². The van der Waals surface area contributed by atoms with E-state index in [1.165, 1.54) is 16.7 Å². The maximum Gasteiger partial charge on any atom is 0.408 e. The molecule has 1 N–H and O–H groups in total. The van der Waals surface area contributed by atoms with Gasteiger partial charge < -0.3 is 14.8 Å². The number of hydrogen-bond donors (Lipinski definition) is 1. The summed E-state index contributed by atoms with van der Waals surface area (Å²) < 4.78 is 11.5. The van der Waals surface area contributed by atoms with E-state index in [9.17, 15) is 9.59 Å². The highest BCUT2D eigenvalue weighted by Gasteiger charge is 2.29. The van der Waals surface area contributed by atoms with Crippen LogP contribution in [0.5, 0.6) is 0 Å². The molecule has 2 atom stereocenters. The zero-order valence-electron chi connectivity index (χ0n) is 24.3. The summed E-state index contributed by atoms with van der Waals surface area (Å²) in [5.74, 6) is 0.366. The Morgan fingerprint density at radius 1 is 0.811 bits per heavy atom. The van der Waals surface area contributed by atoms with Crippen LogP contribution in [0.4, 0.5) is 4.79 Å². The molecule has 0 saturated carbocycles. The number of benzene rings is 2. The van der Waals surface area contributed by atoms with Crippen molar-refractivity contribution in [3.63, 3.8) is 0 Å². The Labute approximate surface area is 223 Å². The summed E-state index contributed by atoms with van der Waals surface area (Å²) in [5, 5.41) is 2.80. The van der Waals surface area contributed by atoms with Crippen LogP contribution in [0.15, 0.2) is 54.6 Å². The second-order valence-corrected chi connectivity index (χ2v) is 11.6. The van der Waals surface area contributed by atoms with Crippen LogP contribution in [-0.2, 0) is 14.3 Å². The second-order valence-electron chi connectivity index (χ2n) is 11.6. The average Bonchev–Trinajstić information content (AvgIpc) is 2.80. The Bertz CT molecular complexity index is 1060. The summed E-state index contributed by atoms with van der Waals surface area (Å²) in [6.07, 6.45) is -1.12. The lowest BCUT2D eigenvalue weighted by Crippen LogP contribution is -2.37. The van der Waals surface area contributed by atoms with Crippen LogP contribution in [0.3, 0.4) is 0 Å². The van der Waals surface area contributed by atoms with Gasteiger partial charge in [-0.3, -0.25) is 0 Å². The van der Waals surface area contributed by atoms with Crippen LogP contribution >= 0.6 is 0 Å². The number of esters is 1. The molecule has 0 aliphatic heterocycles. The number of alkyl carbamates (subject to hydrolysis) is 1. The molecular formula is C32H45NO4. The highest BCUT2D eigenvalue weighted by Crippen LogP contribution is 2.37. The van der Waals surface area contributed by atoms with Crippen LogP contribution < -0.4 is 5.32 Å². The summed E-state index contributed by atoms with van der Waals surface area (Å²) >= 11 is 0. The molecule has 0 saturated heterocycles. The molecule has 0 spiro atoms. The van der Waals surface area contributed by atoms with E-state index in [2.05, 4.69) is 65.6 Å². The number of rotatable bonds is 9. The van der Waals surface area contributed by atoms with E-state index >= 15 is 0 Å². The fourth-order valence-electron chi connectivity index (χ4n) is 4.34. The quantitative estimate of drug-likeness (QED) is 0.273. The van der Waals surface area contributed by atoms with Crippen molar-refractivity contribution in [3.05, 3.63) is 82.4 Å². The van der Waals surface area contributed by atoms with Gasteiger partial charge in [0.15, 0.2) is 0 Å². The van der Waals surface area contributed by atoms with E-state index in [1.54, 1.807) is 20.8 Å². The van der Waals surface area contributed by atoms with Crippen molar-refractivity contribution in [3.8, 4) is 0 Å². The fourth-order valence-corrected chi connectivity index (χ4v) is 4.34. The summed E-state index contributed by atoms with van der Waals surface area (Å²) in [5.41, 5.74) is 4.89. The standard InChI is InChI=1S/C32H45NO4/c1-19(2)25-17-26(20(3)4)28(27(18-25)21(5)6)23(8)36-30(34)22(7)29(24-15-13-12-14-16-24)33-31(35)37-32(9,10)11/h12-21,23,29H,7H2,1-6,8-11H3,(H,33,35)/t23-,29?/m0/s1. The molecule has 0 radical (unpaired) electrons. The number of amides is 1. The van der Waals surface area contributed by atoms with Crippen LogP contribution in [0, 0.1) is 0 Å². The first-order valence-corrected chi connectivity index (χ1v) is 13.2. The smallest absolute Gasteiger partial charge is 0.408 e. The monoisotopic (exact) mass is 507 g/mol. The highest BCUT2D eigenvalue weighted by molar-refractivity contribution is 5.90. The number of hydrogen-bond acceptors (Lipinski definition) is 4. The highest BCUT2D eigenvalue weighted by atomic mass is 16.6. The average molecular weight is 508 g/mol. The lowest BCUT2D eigenvalue weighted by Gasteiger charge is -2.28. The number of nitrogens with one attached hydrogen (secondary N) is 1. The van der Waals surface area contributed by atoms with Gasteiger partial charge in [-0.2, -0.15) is 0 Å². The maximum absolute atomic E-state index is 13.4. The fraction of sp³-hybridized carbons (Fsp3) is 0.500. The zero-order valence-corrected chi connectivity index (χ0v) is 24.3. The van der Waals surface area contributed by atoms with E-state index in [0.29, 0.717) is 5.92 Å². The van der Waals surface area contributed by atoms with Gasteiger partial charge in [0.25, 0.3) is 0 Å². The third-order valence-corrected chi connectivity index (χ3v) is 6.27. The third-order valence-electron chi connectivity index (χ3n) is 6.27. The summed E-state index contributed by atoms with van der Waals surface area (Å²) in [6.45, 7) is 24.4. The lowest BCUT2D eigenvalue weighted by atomic mass is 9.82. The first-order valence-electron chi connectivity index (χ1n) is 13.2. The number of ether oxygens (including phenoxy) is 2. The molecular weight excluding hydrogens is 462 g/mol. The van der Waals surface area contributed by atoms with Crippen LogP contribution in [0.2, 0.25) is 0 Å². The molecule has 0 aliphatic carbocycles. The van der Waals surface area contributed by atoms with Crippen LogP contribution in [0.1, 0.15) is 127 Å².